The van der Waals surface area contributed by atoms with E-state index in [4.69, 9.17) is 19.8 Å². The first-order valence-corrected chi connectivity index (χ1v) is 7.17. The number of hydrogen-bond acceptors (Lipinski definition) is 6. The van der Waals surface area contributed by atoms with Crippen LogP contribution >= 0.6 is 0 Å². The van der Waals surface area contributed by atoms with Gasteiger partial charge in [0, 0.05) is 12.3 Å². The second-order valence-corrected chi connectivity index (χ2v) is 5.92. The molecule has 0 aliphatic carbocycles. The van der Waals surface area contributed by atoms with Gasteiger partial charge in [-0.3, -0.25) is 0 Å². The van der Waals surface area contributed by atoms with Gasteiger partial charge in [0.2, 0.25) is 0 Å². The third-order valence-electron chi connectivity index (χ3n) is 4.35. The molecule has 6 atom stereocenters. The Labute approximate surface area is 118 Å². The fourth-order valence-electron chi connectivity index (χ4n) is 3.20. The summed E-state index contributed by atoms with van der Waals surface area (Å²) in [6, 6.07) is 2.19. The third-order valence-corrected chi connectivity index (χ3v) is 4.35. The van der Waals surface area contributed by atoms with Crippen molar-refractivity contribution >= 4 is 0 Å². The summed E-state index contributed by atoms with van der Waals surface area (Å²) in [7, 11) is 0. The number of nitriles is 1. The average Bonchev–Trinajstić information content (AvgIpc) is 2.85. The van der Waals surface area contributed by atoms with Crippen molar-refractivity contribution in [3.63, 3.8) is 0 Å². The van der Waals surface area contributed by atoms with Crippen LogP contribution in [0.5, 0.6) is 0 Å². The van der Waals surface area contributed by atoms with E-state index in [0.29, 0.717) is 12.8 Å². The number of rotatable bonds is 5. The number of nitrogens with zero attached hydrogens (tertiary/aromatic N) is 1. The lowest BCUT2D eigenvalue weighted by molar-refractivity contribution is -0.186. The molecule has 0 aromatic carbocycles. The molecule has 6 heteroatoms. The molecule has 6 nitrogen and oxygen atoms in total. The van der Waals surface area contributed by atoms with Crippen LogP contribution in [-0.4, -0.2) is 58.6 Å². The van der Waals surface area contributed by atoms with Gasteiger partial charge in [0.25, 0.3) is 0 Å². The molecule has 2 rings (SSSR count). The molecule has 0 aromatic heterocycles. The largest absolute Gasteiger partial charge is 0.394 e. The highest BCUT2D eigenvalue weighted by Gasteiger charge is 2.54. The van der Waals surface area contributed by atoms with Crippen LogP contribution in [0.1, 0.15) is 32.6 Å². The van der Waals surface area contributed by atoms with E-state index >= 15 is 0 Å². The van der Waals surface area contributed by atoms with E-state index in [1.54, 1.807) is 0 Å². The summed E-state index contributed by atoms with van der Waals surface area (Å²) in [6.45, 7) is 1.31. The monoisotopic (exact) mass is 285 g/mol. The lowest BCUT2D eigenvalue weighted by Gasteiger charge is -2.41. The summed E-state index contributed by atoms with van der Waals surface area (Å²) in [5.41, 5.74) is -0.807. The second-order valence-electron chi connectivity index (χ2n) is 5.92. The zero-order chi connectivity index (χ0) is 14.8. The summed E-state index contributed by atoms with van der Waals surface area (Å²) in [4.78, 5) is 0. The van der Waals surface area contributed by atoms with Gasteiger partial charge in [-0.05, 0) is 26.2 Å². The second kappa shape index (κ2) is 6.37. The van der Waals surface area contributed by atoms with Crippen molar-refractivity contribution in [1.29, 1.82) is 5.26 Å². The summed E-state index contributed by atoms with van der Waals surface area (Å²) in [6.07, 6.45) is 0.728. The highest BCUT2D eigenvalue weighted by atomic mass is 16.6. The zero-order valence-corrected chi connectivity index (χ0v) is 11.7. The number of fused-ring (bicyclic) bond motifs is 1. The summed E-state index contributed by atoms with van der Waals surface area (Å²) in [5.74, 6) is -0.0894. The molecule has 2 heterocycles. The van der Waals surface area contributed by atoms with Crippen molar-refractivity contribution in [2.45, 2.75) is 62.6 Å². The maximum atomic E-state index is 9.72. The standard InChI is InChI=1S/C14H23NO5/c1-9(6-15)4-10-2-3-13-14(8-17,20-10)5-12(19-13)11(18)7-16/h9-13,16-18H,2-5,7-8H2,1H3/t9?,10?,11-,12?,13?,14?/m1/s1. The van der Waals surface area contributed by atoms with Crippen LogP contribution in [0.2, 0.25) is 0 Å². The third kappa shape index (κ3) is 2.97. The predicted molar refractivity (Wildman–Crippen MR) is 69.7 cm³/mol. The lowest BCUT2D eigenvalue weighted by Crippen LogP contribution is -2.51. The van der Waals surface area contributed by atoms with Crippen molar-refractivity contribution in [3.8, 4) is 6.07 Å². The number of hydrogen-bond donors (Lipinski definition) is 3. The molecule has 0 aromatic rings. The van der Waals surface area contributed by atoms with Gasteiger partial charge in [-0.2, -0.15) is 5.26 Å². The zero-order valence-electron chi connectivity index (χ0n) is 11.7. The van der Waals surface area contributed by atoms with Gasteiger partial charge >= 0.3 is 0 Å². The van der Waals surface area contributed by atoms with Crippen LogP contribution in [0.15, 0.2) is 0 Å². The molecule has 3 N–H and O–H groups in total. The van der Waals surface area contributed by atoms with Crippen LogP contribution in [0.25, 0.3) is 0 Å². The molecule has 2 saturated heterocycles. The predicted octanol–water partition coefficient (Wildman–Crippen LogP) is -0.0430. The molecule has 2 fully saturated rings. The Hall–Kier alpha value is -0.710. The van der Waals surface area contributed by atoms with Crippen molar-refractivity contribution in [1.82, 2.24) is 0 Å². The first-order chi connectivity index (χ1) is 9.54. The quantitative estimate of drug-likeness (QED) is 0.655. The first-order valence-electron chi connectivity index (χ1n) is 7.17. The van der Waals surface area contributed by atoms with Gasteiger partial charge in [0.15, 0.2) is 0 Å². The van der Waals surface area contributed by atoms with Crippen molar-refractivity contribution < 1.29 is 24.8 Å². The highest BCUT2D eigenvalue weighted by Crippen LogP contribution is 2.43. The van der Waals surface area contributed by atoms with E-state index < -0.39 is 17.8 Å². The maximum Gasteiger partial charge on any atom is 0.120 e. The molecule has 2 aliphatic rings. The fourth-order valence-corrected chi connectivity index (χ4v) is 3.20. The van der Waals surface area contributed by atoms with E-state index in [9.17, 15) is 10.2 Å². The summed E-state index contributed by atoms with van der Waals surface area (Å²) < 4.78 is 11.8. The molecular weight excluding hydrogens is 262 g/mol. The smallest absolute Gasteiger partial charge is 0.120 e. The van der Waals surface area contributed by atoms with E-state index in [-0.39, 0.29) is 31.3 Å². The van der Waals surface area contributed by atoms with Crippen LogP contribution in [0.3, 0.4) is 0 Å². The Morgan fingerprint density at radius 1 is 1.40 bits per heavy atom. The molecule has 0 radical (unpaired) electrons. The lowest BCUT2D eigenvalue weighted by atomic mass is 9.85. The van der Waals surface area contributed by atoms with Gasteiger partial charge in [-0.25, -0.2) is 0 Å². The Kier molecular flexibility index (Phi) is 4.99. The van der Waals surface area contributed by atoms with Crippen LogP contribution in [-0.2, 0) is 9.47 Å². The minimum Gasteiger partial charge on any atom is -0.394 e. The van der Waals surface area contributed by atoms with Crippen LogP contribution in [0, 0.1) is 17.2 Å². The van der Waals surface area contributed by atoms with Gasteiger partial charge < -0.3 is 24.8 Å². The van der Waals surface area contributed by atoms with Gasteiger partial charge in [-0.15, -0.1) is 0 Å². The van der Waals surface area contributed by atoms with Gasteiger partial charge in [0.1, 0.15) is 11.7 Å². The van der Waals surface area contributed by atoms with E-state index in [1.807, 2.05) is 6.92 Å². The molecular formula is C14H23NO5. The number of aliphatic hydroxyl groups excluding tert-OH is 3. The molecule has 5 unspecified atom stereocenters. The molecule has 114 valence electrons. The molecule has 0 bridgehead atoms. The summed E-state index contributed by atoms with van der Waals surface area (Å²) >= 11 is 0. The molecule has 0 amide bonds. The topological polar surface area (TPSA) is 103 Å². The Morgan fingerprint density at radius 3 is 2.75 bits per heavy atom. The van der Waals surface area contributed by atoms with Gasteiger partial charge in [0.05, 0.1) is 37.6 Å². The fraction of sp³-hybridized carbons (Fsp3) is 0.929. The Morgan fingerprint density at radius 2 is 2.15 bits per heavy atom. The molecule has 0 saturated carbocycles. The molecule has 0 spiro atoms. The van der Waals surface area contributed by atoms with E-state index in [0.717, 1.165) is 12.8 Å². The minimum atomic E-state index is -0.955. The highest BCUT2D eigenvalue weighted by molar-refractivity contribution is 5.03. The minimum absolute atomic E-state index is 0.0679. The van der Waals surface area contributed by atoms with Crippen LogP contribution in [0.4, 0.5) is 0 Å². The maximum absolute atomic E-state index is 9.72. The van der Waals surface area contributed by atoms with E-state index in [2.05, 4.69) is 6.07 Å². The first kappa shape index (κ1) is 15.7. The average molecular weight is 285 g/mol. The van der Waals surface area contributed by atoms with Crippen molar-refractivity contribution in [2.24, 2.45) is 5.92 Å². The number of ether oxygens (including phenoxy) is 2. The van der Waals surface area contributed by atoms with E-state index in [1.165, 1.54) is 0 Å². The van der Waals surface area contributed by atoms with Crippen molar-refractivity contribution in [3.05, 3.63) is 0 Å². The molecule has 20 heavy (non-hydrogen) atoms. The SMILES string of the molecule is CC(C#N)CC1CCC2OC([C@H](O)CO)CC2(CO)O1. The van der Waals surface area contributed by atoms with Crippen LogP contribution < -0.4 is 0 Å². The van der Waals surface area contributed by atoms with Gasteiger partial charge in [-0.1, -0.05) is 0 Å². The summed E-state index contributed by atoms with van der Waals surface area (Å²) in [5, 5.41) is 37.3. The normalized spacial score (nSPS) is 39.9. The number of aliphatic hydroxyl groups is 3. The Balaban J connectivity index is 2.04. The van der Waals surface area contributed by atoms with Crippen molar-refractivity contribution in [2.75, 3.05) is 13.2 Å². The molecule has 2 aliphatic heterocycles. The Bertz CT molecular complexity index is 371.